The summed E-state index contributed by atoms with van der Waals surface area (Å²) >= 11 is 0. The summed E-state index contributed by atoms with van der Waals surface area (Å²) in [6.07, 6.45) is 9.19. The highest BCUT2D eigenvalue weighted by molar-refractivity contribution is 5.80. The first kappa shape index (κ1) is 81.7. The molecule has 114 heavy (non-hydrogen) atoms. The van der Waals surface area contributed by atoms with Gasteiger partial charge in [0.15, 0.2) is 11.6 Å². The molecule has 0 aliphatic heterocycles. The van der Waals surface area contributed by atoms with E-state index in [1.807, 2.05) is 183 Å². The number of hydrogen-bond donors (Lipinski definition) is 0. The van der Waals surface area contributed by atoms with Crippen LogP contribution in [0, 0.1) is 0 Å². The number of aromatic nitrogens is 11. The Morgan fingerprint density at radius 3 is 0.754 bits per heavy atom. The summed E-state index contributed by atoms with van der Waals surface area (Å²) in [6, 6.07) is 111. The molecule has 11 nitrogen and oxygen atoms in total. The Morgan fingerprint density at radius 2 is 0.491 bits per heavy atom. The molecule has 11 heteroatoms. The molecule has 0 unspecified atom stereocenters. The van der Waals surface area contributed by atoms with Crippen LogP contribution in [0.25, 0.3) is 113 Å². The first-order valence-corrected chi connectivity index (χ1v) is 39.4. The molecular weight excluding hydrogens is 1390 g/mol. The zero-order chi connectivity index (χ0) is 80.0. The van der Waals surface area contributed by atoms with E-state index in [2.05, 4.69) is 283 Å². The fourth-order valence-corrected chi connectivity index (χ4v) is 12.1. The summed E-state index contributed by atoms with van der Waals surface area (Å²) in [4.78, 5) is 50.9. The Balaban J connectivity index is 0.000000154. The van der Waals surface area contributed by atoms with Crippen molar-refractivity contribution in [2.75, 3.05) is 0 Å². The Morgan fingerprint density at radius 1 is 0.184 bits per heavy atom. The summed E-state index contributed by atoms with van der Waals surface area (Å²) in [5.74, 6) is 5.81. The highest BCUT2D eigenvalue weighted by atomic mass is 15.0. The Labute approximate surface area is 674 Å². The monoisotopic (exact) mass is 1490 g/mol. The Hall–Kier alpha value is -13.3. The van der Waals surface area contributed by atoms with Gasteiger partial charge in [0.2, 0.25) is 0 Å². The fourth-order valence-electron chi connectivity index (χ4n) is 12.1. The minimum absolute atomic E-state index is 0.262. The van der Waals surface area contributed by atoms with Gasteiger partial charge in [0.05, 0.1) is 45.6 Å². The number of rotatable bonds is 16. The van der Waals surface area contributed by atoms with E-state index in [0.717, 1.165) is 130 Å². The summed E-state index contributed by atoms with van der Waals surface area (Å²) in [5.41, 5.74) is 23.2. The van der Waals surface area contributed by atoms with E-state index in [1.54, 1.807) is 6.20 Å². The zero-order valence-electron chi connectivity index (χ0n) is 67.4. The predicted molar refractivity (Wildman–Crippen MR) is 473 cm³/mol. The maximum absolute atomic E-state index is 5.34. The summed E-state index contributed by atoms with van der Waals surface area (Å²) in [7, 11) is 0. The molecule has 568 valence electrons. The summed E-state index contributed by atoms with van der Waals surface area (Å²) < 4.78 is 0. The average Bonchev–Trinajstić information content (AvgIpc) is 0.785. The number of benzene rings is 8. The highest BCUT2D eigenvalue weighted by Gasteiger charge is 2.18. The van der Waals surface area contributed by atoms with Crippen LogP contribution in [0.2, 0.25) is 0 Å². The minimum Gasteiger partial charge on any atom is -0.265 e. The molecule has 16 aromatic rings. The van der Waals surface area contributed by atoms with Crippen LogP contribution in [0.5, 0.6) is 0 Å². The normalized spacial score (nSPS) is 10.8. The van der Waals surface area contributed by atoms with Crippen molar-refractivity contribution in [2.24, 2.45) is 0 Å². The second-order valence-corrected chi connectivity index (χ2v) is 29.4. The van der Waals surface area contributed by atoms with Gasteiger partial charge < -0.3 is 0 Å². The second-order valence-electron chi connectivity index (χ2n) is 29.4. The molecule has 8 aromatic heterocycles. The molecule has 0 N–H and O–H groups in total. The smallest absolute Gasteiger partial charge is 0.163 e. The number of pyridine rings is 6. The van der Waals surface area contributed by atoms with Crippen LogP contribution in [0.1, 0.15) is 153 Å². The molecule has 0 radical (unpaired) electrons. The van der Waals surface area contributed by atoms with Crippen LogP contribution >= 0.6 is 0 Å². The van der Waals surface area contributed by atoms with Crippen molar-refractivity contribution in [2.45, 2.75) is 119 Å². The lowest BCUT2D eigenvalue weighted by Gasteiger charge is -2.15. The van der Waals surface area contributed by atoms with Gasteiger partial charge in [-0.05, 0) is 113 Å². The quantitative estimate of drug-likeness (QED) is 0.0912. The van der Waals surface area contributed by atoms with Crippen LogP contribution in [0.4, 0.5) is 0 Å². The lowest BCUT2D eigenvalue weighted by Crippen LogP contribution is -2.04. The van der Waals surface area contributed by atoms with E-state index in [-0.39, 0.29) is 5.92 Å². The first-order chi connectivity index (χ1) is 55.5. The topological polar surface area (TPSA) is 142 Å². The standard InChI is InChI=1S/C42H33N3.C19H18N2.C18H17N3.3C8H11N/c1-29(2)34-23-41(35-25-37(30-15-7-3-8-16-30)43-38(26-35)31-17-9-4-10-18-31)45-42(24-34)36-27-39(32-19-11-5-12-20-32)44-40(28-36)33-21-13-6-14-22-33;1-14(2)19-20-17(15-9-5-3-6-10-15)13-18(21-19)16-11-7-4-8-12-16;1-13(2)16-19-17(14-9-5-3-6-10-14)21-18(20-16)15-11-7-4-8-12-15;1-7(2)8-3-5-9-6-4-8;1-7(2)8-4-3-5-9-6-8;1-7(2)8-5-3-4-6-9-8/h3-29H,1-2H3;3-14H,1-2H3;3-13H,1-2H3;3*3-7H,1-2H3. The molecule has 8 heterocycles. The van der Waals surface area contributed by atoms with E-state index in [1.165, 1.54) is 16.7 Å². The van der Waals surface area contributed by atoms with Gasteiger partial charge in [0, 0.05) is 104 Å². The molecule has 0 fully saturated rings. The highest BCUT2D eigenvalue weighted by Crippen LogP contribution is 2.36. The van der Waals surface area contributed by atoms with Crippen LogP contribution in [-0.4, -0.2) is 54.8 Å². The molecule has 0 saturated carbocycles. The minimum atomic E-state index is 0.262. The average molecular weight is 1490 g/mol. The third-order valence-corrected chi connectivity index (χ3v) is 18.7. The number of nitrogens with zero attached hydrogens (tertiary/aromatic N) is 11. The van der Waals surface area contributed by atoms with E-state index in [9.17, 15) is 0 Å². The van der Waals surface area contributed by atoms with Crippen molar-refractivity contribution in [1.29, 1.82) is 0 Å². The van der Waals surface area contributed by atoms with Gasteiger partial charge in [-0.25, -0.2) is 39.9 Å². The molecule has 0 saturated heterocycles. The van der Waals surface area contributed by atoms with Gasteiger partial charge >= 0.3 is 0 Å². The van der Waals surface area contributed by atoms with Crippen LogP contribution in [-0.2, 0) is 0 Å². The van der Waals surface area contributed by atoms with E-state index >= 15 is 0 Å². The van der Waals surface area contributed by atoms with Crippen molar-refractivity contribution in [3.63, 3.8) is 0 Å². The fraction of sp³-hybridized carbons (Fsp3) is 0.175. The van der Waals surface area contributed by atoms with Gasteiger partial charge in [-0.1, -0.05) is 338 Å². The molecule has 8 aromatic carbocycles. The summed E-state index contributed by atoms with van der Waals surface area (Å²) in [5, 5.41) is 0. The third-order valence-electron chi connectivity index (χ3n) is 18.7. The van der Waals surface area contributed by atoms with Crippen LogP contribution < -0.4 is 0 Å². The van der Waals surface area contributed by atoms with Gasteiger partial charge in [0.25, 0.3) is 0 Å². The largest absolute Gasteiger partial charge is 0.265 e. The lowest BCUT2D eigenvalue weighted by molar-refractivity contribution is 0.766. The third kappa shape index (κ3) is 23.9. The molecule has 0 bridgehead atoms. The molecule has 0 aliphatic rings. The van der Waals surface area contributed by atoms with Crippen molar-refractivity contribution in [1.82, 2.24) is 54.8 Å². The molecule has 0 amide bonds. The lowest BCUT2D eigenvalue weighted by atomic mass is 9.96. The van der Waals surface area contributed by atoms with Gasteiger partial charge in [0.1, 0.15) is 11.6 Å². The predicted octanol–water partition coefficient (Wildman–Crippen LogP) is 26.9. The maximum atomic E-state index is 5.34. The van der Waals surface area contributed by atoms with Gasteiger partial charge in [-0.2, -0.15) is 0 Å². The summed E-state index contributed by atoms with van der Waals surface area (Å²) in [6.45, 7) is 25.9. The second kappa shape index (κ2) is 41.7. The van der Waals surface area contributed by atoms with Crippen molar-refractivity contribution >= 4 is 0 Å². The maximum Gasteiger partial charge on any atom is 0.163 e. The Kier molecular flexibility index (Phi) is 29.9. The zero-order valence-corrected chi connectivity index (χ0v) is 67.4. The van der Waals surface area contributed by atoms with Crippen molar-refractivity contribution in [3.8, 4) is 113 Å². The molecule has 0 spiro atoms. The van der Waals surface area contributed by atoms with Gasteiger partial charge in [-0.15, -0.1) is 0 Å². The van der Waals surface area contributed by atoms with Gasteiger partial charge in [-0.3, -0.25) is 15.0 Å². The van der Waals surface area contributed by atoms with Crippen molar-refractivity contribution < 1.29 is 0 Å². The number of hydrogen-bond acceptors (Lipinski definition) is 11. The molecular formula is C103H101N11. The van der Waals surface area contributed by atoms with Crippen molar-refractivity contribution in [3.05, 3.63) is 393 Å². The van der Waals surface area contributed by atoms with E-state index < -0.39 is 0 Å². The van der Waals surface area contributed by atoms with E-state index in [0.29, 0.717) is 29.6 Å². The van der Waals surface area contributed by atoms with E-state index in [4.69, 9.17) is 24.9 Å². The molecule has 0 atom stereocenters. The Bertz CT molecular complexity index is 4900. The van der Waals surface area contributed by atoms with Crippen LogP contribution in [0.3, 0.4) is 0 Å². The first-order valence-electron chi connectivity index (χ1n) is 39.4. The molecule has 16 rings (SSSR count). The SMILES string of the molecule is CC(C)c1cc(-c2cc(-c3ccccc3)nc(-c3ccccc3)c2)nc(-c2cc(-c3ccccc3)nc(-c3ccccc3)c2)c1.CC(C)c1ccccn1.CC(C)c1cccnc1.CC(C)c1ccncc1.CC(C)c1nc(-c2ccccc2)cc(-c2ccccc2)n1.CC(C)c1nc(-c2ccccc2)nc(-c2ccccc2)n1. The van der Waals surface area contributed by atoms with Crippen LogP contribution in [0.15, 0.2) is 359 Å². The molecule has 0 aliphatic carbocycles.